The van der Waals surface area contributed by atoms with Crippen LogP contribution in [0.2, 0.25) is 0 Å². The van der Waals surface area contributed by atoms with E-state index in [0.29, 0.717) is 22.6 Å². The van der Waals surface area contributed by atoms with Gasteiger partial charge in [0.05, 0.1) is 5.52 Å². The van der Waals surface area contributed by atoms with Gasteiger partial charge in [0.1, 0.15) is 11.6 Å². The van der Waals surface area contributed by atoms with Crippen molar-refractivity contribution < 1.29 is 14.3 Å². The van der Waals surface area contributed by atoms with Gasteiger partial charge in [0.2, 0.25) is 0 Å². The third-order valence-corrected chi connectivity index (χ3v) is 2.96. The Morgan fingerprint density at radius 2 is 1.90 bits per heavy atom. The molecule has 3 rings (SSSR count). The van der Waals surface area contributed by atoms with Crippen molar-refractivity contribution in [2.45, 2.75) is 0 Å². The number of hydrogen-bond donors (Lipinski definition) is 2. The van der Waals surface area contributed by atoms with E-state index in [4.69, 9.17) is 5.73 Å². The molecule has 0 saturated heterocycles. The van der Waals surface area contributed by atoms with E-state index in [1.807, 2.05) is 0 Å². The summed E-state index contributed by atoms with van der Waals surface area (Å²) in [5, 5.41) is 9.19. The minimum atomic E-state index is -1.12. The van der Waals surface area contributed by atoms with Crippen LogP contribution >= 0.6 is 0 Å². The molecule has 2 aromatic heterocycles. The Bertz CT molecular complexity index is 809. The first-order valence-electron chi connectivity index (χ1n) is 5.83. The highest BCUT2D eigenvalue weighted by molar-refractivity contribution is 5.95. The first kappa shape index (κ1) is 12.2. The van der Waals surface area contributed by atoms with Crippen LogP contribution in [0.25, 0.3) is 16.9 Å². The average molecular weight is 271 g/mol. The highest BCUT2D eigenvalue weighted by Crippen LogP contribution is 2.24. The fourth-order valence-electron chi connectivity index (χ4n) is 2.06. The molecule has 0 fully saturated rings. The third-order valence-electron chi connectivity index (χ3n) is 2.96. The van der Waals surface area contributed by atoms with Gasteiger partial charge in [-0.2, -0.15) is 0 Å². The number of nitrogen functional groups attached to an aromatic ring is 1. The number of carboxylic acids is 1. The molecule has 3 N–H and O–H groups in total. The lowest BCUT2D eigenvalue weighted by atomic mass is 10.2. The van der Waals surface area contributed by atoms with Gasteiger partial charge in [-0.15, -0.1) is 0 Å². The SMILES string of the molecule is Nc1ccc2c(C(=O)O)nc(-c3ccc(F)cc3)n2c1. The Morgan fingerprint density at radius 1 is 1.20 bits per heavy atom. The van der Waals surface area contributed by atoms with Crippen molar-refractivity contribution in [1.82, 2.24) is 9.38 Å². The highest BCUT2D eigenvalue weighted by atomic mass is 19.1. The normalized spacial score (nSPS) is 10.8. The second-order valence-electron chi connectivity index (χ2n) is 4.31. The van der Waals surface area contributed by atoms with Crippen molar-refractivity contribution in [3.63, 3.8) is 0 Å². The van der Waals surface area contributed by atoms with E-state index >= 15 is 0 Å². The minimum absolute atomic E-state index is 0.0654. The number of anilines is 1. The van der Waals surface area contributed by atoms with E-state index in [2.05, 4.69) is 4.98 Å². The number of nitrogens with two attached hydrogens (primary N) is 1. The van der Waals surface area contributed by atoms with Crippen molar-refractivity contribution in [2.24, 2.45) is 0 Å². The van der Waals surface area contributed by atoms with Crippen LogP contribution in [0.5, 0.6) is 0 Å². The number of hydrogen-bond acceptors (Lipinski definition) is 3. The fourth-order valence-corrected chi connectivity index (χ4v) is 2.06. The second-order valence-corrected chi connectivity index (χ2v) is 4.31. The molecule has 1 aromatic carbocycles. The zero-order chi connectivity index (χ0) is 14.3. The van der Waals surface area contributed by atoms with Gasteiger partial charge in [0.25, 0.3) is 0 Å². The van der Waals surface area contributed by atoms with E-state index in [1.54, 1.807) is 34.9 Å². The Kier molecular flexibility index (Phi) is 2.64. The predicted octanol–water partition coefficient (Wildman–Crippen LogP) is 2.42. The molecule has 0 aliphatic rings. The summed E-state index contributed by atoms with van der Waals surface area (Å²) in [6.07, 6.45) is 1.59. The molecule has 5 nitrogen and oxygen atoms in total. The first-order chi connectivity index (χ1) is 9.56. The zero-order valence-corrected chi connectivity index (χ0v) is 10.2. The van der Waals surface area contributed by atoms with Gasteiger partial charge in [-0.1, -0.05) is 0 Å². The van der Waals surface area contributed by atoms with Crippen molar-refractivity contribution in [3.8, 4) is 11.4 Å². The molecule has 3 aromatic rings. The number of rotatable bonds is 2. The van der Waals surface area contributed by atoms with Crippen LogP contribution in [0.3, 0.4) is 0 Å². The molecule has 0 spiro atoms. The molecule has 0 aliphatic heterocycles. The second kappa shape index (κ2) is 4.34. The van der Waals surface area contributed by atoms with Crippen LogP contribution in [0.4, 0.5) is 10.1 Å². The highest BCUT2D eigenvalue weighted by Gasteiger charge is 2.17. The molecule has 20 heavy (non-hydrogen) atoms. The summed E-state index contributed by atoms with van der Waals surface area (Å²) in [4.78, 5) is 15.3. The van der Waals surface area contributed by atoms with Gasteiger partial charge >= 0.3 is 5.97 Å². The van der Waals surface area contributed by atoms with Gasteiger partial charge in [0, 0.05) is 17.4 Å². The largest absolute Gasteiger partial charge is 0.476 e. The molecule has 0 saturated carbocycles. The maximum absolute atomic E-state index is 13.0. The Labute approximate surface area is 113 Å². The Balaban J connectivity index is 2.32. The minimum Gasteiger partial charge on any atom is -0.476 e. The van der Waals surface area contributed by atoms with Crippen LogP contribution in [0.1, 0.15) is 10.5 Å². The zero-order valence-electron chi connectivity index (χ0n) is 10.2. The molecule has 0 atom stereocenters. The topological polar surface area (TPSA) is 80.6 Å². The molecule has 2 heterocycles. The Morgan fingerprint density at radius 3 is 2.55 bits per heavy atom. The van der Waals surface area contributed by atoms with E-state index in [-0.39, 0.29) is 11.5 Å². The van der Waals surface area contributed by atoms with Crippen LogP contribution in [-0.4, -0.2) is 20.5 Å². The fraction of sp³-hybridized carbons (Fsp3) is 0. The van der Waals surface area contributed by atoms with Gasteiger partial charge < -0.3 is 10.8 Å². The summed E-state index contributed by atoms with van der Waals surface area (Å²) < 4.78 is 14.6. The average Bonchev–Trinajstić information content (AvgIpc) is 2.78. The molecule has 100 valence electrons. The summed E-state index contributed by atoms with van der Waals surface area (Å²) in [7, 11) is 0. The maximum Gasteiger partial charge on any atom is 0.356 e. The van der Waals surface area contributed by atoms with Gasteiger partial charge in [-0.25, -0.2) is 14.2 Å². The number of aromatic carboxylic acids is 1. The number of benzene rings is 1. The molecule has 0 aliphatic carbocycles. The van der Waals surface area contributed by atoms with Gasteiger partial charge in [-0.3, -0.25) is 4.40 Å². The summed E-state index contributed by atoms with van der Waals surface area (Å²) in [6, 6.07) is 8.88. The summed E-state index contributed by atoms with van der Waals surface area (Å²) in [5.41, 5.74) is 7.19. The molecule has 0 radical (unpaired) electrons. The van der Waals surface area contributed by atoms with E-state index < -0.39 is 5.97 Å². The summed E-state index contributed by atoms with van der Waals surface area (Å²) in [6.45, 7) is 0. The lowest BCUT2D eigenvalue weighted by Crippen LogP contribution is -1.97. The van der Waals surface area contributed by atoms with Crippen LogP contribution in [-0.2, 0) is 0 Å². The molecular formula is C14H10FN3O2. The van der Waals surface area contributed by atoms with Crippen LogP contribution in [0, 0.1) is 5.82 Å². The lowest BCUT2D eigenvalue weighted by molar-refractivity contribution is 0.0693. The third kappa shape index (κ3) is 1.87. The summed E-state index contributed by atoms with van der Waals surface area (Å²) >= 11 is 0. The monoisotopic (exact) mass is 271 g/mol. The molecule has 0 amide bonds. The smallest absolute Gasteiger partial charge is 0.356 e. The standard InChI is InChI=1S/C14H10FN3O2/c15-9-3-1-8(2-4-9)13-17-12(14(19)20)11-6-5-10(16)7-18(11)13/h1-7H,16H2,(H,19,20). The van der Waals surface area contributed by atoms with Crippen molar-refractivity contribution >= 4 is 17.2 Å². The molecule has 0 unspecified atom stereocenters. The predicted molar refractivity (Wildman–Crippen MR) is 72.0 cm³/mol. The molecule has 6 heteroatoms. The van der Waals surface area contributed by atoms with Gasteiger partial charge in [-0.05, 0) is 36.4 Å². The maximum atomic E-state index is 13.0. The number of halogens is 1. The molecular weight excluding hydrogens is 261 g/mol. The number of carbonyl (C=O) groups is 1. The van der Waals surface area contributed by atoms with Crippen LogP contribution in [0.15, 0.2) is 42.6 Å². The number of aromatic nitrogens is 2. The van der Waals surface area contributed by atoms with Crippen LogP contribution < -0.4 is 5.73 Å². The summed E-state index contributed by atoms with van der Waals surface area (Å²) in [5.74, 6) is -1.09. The Hall–Kier alpha value is -2.89. The molecule has 0 bridgehead atoms. The number of fused-ring (bicyclic) bond motifs is 1. The van der Waals surface area contributed by atoms with E-state index in [1.165, 1.54) is 12.1 Å². The first-order valence-corrected chi connectivity index (χ1v) is 5.83. The number of carboxylic acid groups (broad SMARTS) is 1. The quantitative estimate of drug-likeness (QED) is 0.750. The number of imidazole rings is 1. The van der Waals surface area contributed by atoms with E-state index in [0.717, 1.165) is 0 Å². The van der Waals surface area contributed by atoms with Gasteiger partial charge in [0.15, 0.2) is 5.69 Å². The van der Waals surface area contributed by atoms with Crippen molar-refractivity contribution in [2.75, 3.05) is 5.73 Å². The number of nitrogens with zero attached hydrogens (tertiary/aromatic N) is 2. The van der Waals surface area contributed by atoms with Crippen molar-refractivity contribution in [1.29, 1.82) is 0 Å². The van der Waals surface area contributed by atoms with E-state index in [9.17, 15) is 14.3 Å². The number of pyridine rings is 1. The van der Waals surface area contributed by atoms with Crippen molar-refractivity contribution in [3.05, 3.63) is 54.1 Å². The lowest BCUT2D eigenvalue weighted by Gasteiger charge is -2.02.